The lowest BCUT2D eigenvalue weighted by Gasteiger charge is -2.42. The fraction of sp³-hybridized carbons (Fsp3) is 0.524. The molecule has 1 spiro atoms. The van der Waals surface area contributed by atoms with Gasteiger partial charge in [0.2, 0.25) is 0 Å². The molecule has 1 amide bonds. The largest absolute Gasteiger partial charge is 0.361 e. The van der Waals surface area contributed by atoms with Gasteiger partial charge in [-0.3, -0.25) is 14.7 Å². The molecule has 0 radical (unpaired) electrons. The fourth-order valence-electron chi connectivity index (χ4n) is 4.53. The van der Waals surface area contributed by atoms with Crippen molar-refractivity contribution in [3.05, 3.63) is 52.5 Å². The number of thiophene rings is 1. The highest BCUT2D eigenvalue weighted by molar-refractivity contribution is 7.09. The summed E-state index contributed by atoms with van der Waals surface area (Å²) in [6.07, 6.45) is 6.21. The summed E-state index contributed by atoms with van der Waals surface area (Å²) in [5, 5.41) is 2.11. The van der Waals surface area contributed by atoms with Gasteiger partial charge in [0.1, 0.15) is 0 Å². The smallest absolute Gasteiger partial charge is 0.256 e. The number of carbonyl (C=O) groups excluding carboxylic acids is 1. The van der Waals surface area contributed by atoms with Gasteiger partial charge in [-0.15, -0.1) is 11.3 Å². The molecule has 0 bridgehead atoms. The molecule has 2 aromatic heterocycles. The van der Waals surface area contributed by atoms with Crippen molar-refractivity contribution in [3.63, 3.8) is 0 Å². The topological polar surface area (TPSA) is 45.7 Å². The Morgan fingerprint density at radius 1 is 1.30 bits per heavy atom. The molecular weight excluding hydrogens is 358 g/mol. The number of amides is 1. The van der Waals surface area contributed by atoms with E-state index in [1.54, 1.807) is 17.5 Å². The summed E-state index contributed by atoms with van der Waals surface area (Å²) in [7, 11) is 0. The lowest BCUT2D eigenvalue weighted by Crippen LogP contribution is -2.60. The molecule has 3 aliphatic rings. The van der Waals surface area contributed by atoms with E-state index in [0.717, 1.165) is 31.7 Å². The molecule has 5 rings (SSSR count). The molecule has 2 aromatic rings. The Bertz CT molecular complexity index is 793. The van der Waals surface area contributed by atoms with Gasteiger partial charge in [0.15, 0.2) is 5.60 Å². The van der Waals surface area contributed by atoms with Crippen LogP contribution in [0.2, 0.25) is 0 Å². The minimum Gasteiger partial charge on any atom is -0.361 e. The summed E-state index contributed by atoms with van der Waals surface area (Å²) < 4.78 is 6.33. The number of hydrogen-bond donors (Lipinski definition) is 0. The molecule has 0 N–H and O–H groups in total. The van der Waals surface area contributed by atoms with E-state index in [1.807, 2.05) is 12.3 Å². The van der Waals surface area contributed by atoms with Crippen LogP contribution in [0.5, 0.6) is 0 Å². The van der Waals surface area contributed by atoms with Crippen LogP contribution in [-0.4, -0.2) is 59.1 Å². The van der Waals surface area contributed by atoms with Gasteiger partial charge in [-0.05, 0) is 41.8 Å². The van der Waals surface area contributed by atoms with E-state index in [9.17, 15) is 4.79 Å². The highest BCUT2D eigenvalue weighted by atomic mass is 32.1. The van der Waals surface area contributed by atoms with E-state index in [-0.39, 0.29) is 11.8 Å². The number of nitrogens with zero attached hydrogens (tertiary/aromatic N) is 3. The number of hydrogen-bond acceptors (Lipinski definition) is 5. The van der Waals surface area contributed by atoms with Gasteiger partial charge in [0.25, 0.3) is 5.91 Å². The lowest BCUT2D eigenvalue weighted by atomic mass is 9.83. The molecule has 142 valence electrons. The highest BCUT2D eigenvalue weighted by Crippen LogP contribution is 2.43. The number of aromatic nitrogens is 1. The maximum Gasteiger partial charge on any atom is 0.256 e. The van der Waals surface area contributed by atoms with Crippen molar-refractivity contribution in [2.75, 3.05) is 32.8 Å². The van der Waals surface area contributed by atoms with E-state index in [4.69, 9.17) is 4.74 Å². The first-order valence-electron chi connectivity index (χ1n) is 9.82. The SMILES string of the molecule is O=C1N(CC2CC2)CCO[C@@]12CN(Cc1cccs1)C[C@@H]2c1cccnc1. The van der Waals surface area contributed by atoms with Crippen molar-refractivity contribution in [2.45, 2.75) is 30.9 Å². The van der Waals surface area contributed by atoms with Gasteiger partial charge in [0.05, 0.1) is 6.61 Å². The van der Waals surface area contributed by atoms with Gasteiger partial charge in [-0.25, -0.2) is 0 Å². The second-order valence-corrected chi connectivity index (χ2v) is 9.05. The van der Waals surface area contributed by atoms with Gasteiger partial charge in [-0.1, -0.05) is 12.1 Å². The zero-order valence-electron chi connectivity index (χ0n) is 15.4. The molecule has 5 nitrogen and oxygen atoms in total. The Labute approximate surface area is 164 Å². The monoisotopic (exact) mass is 383 g/mol. The van der Waals surface area contributed by atoms with Crippen LogP contribution in [0.1, 0.15) is 29.2 Å². The number of morpholine rings is 1. The fourth-order valence-corrected chi connectivity index (χ4v) is 5.28. The molecule has 2 aliphatic heterocycles. The summed E-state index contributed by atoms with van der Waals surface area (Å²) in [6.45, 7) is 4.60. The van der Waals surface area contributed by atoms with E-state index < -0.39 is 5.60 Å². The Morgan fingerprint density at radius 3 is 2.96 bits per heavy atom. The average molecular weight is 384 g/mol. The predicted octanol–water partition coefficient (Wildman–Crippen LogP) is 2.75. The molecule has 27 heavy (non-hydrogen) atoms. The standard InChI is InChI=1S/C21H25N3O2S/c25-20-21(26-9-8-24(20)12-16-5-6-16)15-23(13-18-4-2-10-27-18)14-19(21)17-3-1-7-22-11-17/h1-4,7,10-11,16,19H,5-6,8-9,12-15H2/t19-,21-/m1/s1. The number of pyridine rings is 1. The minimum atomic E-state index is -0.770. The van der Waals surface area contributed by atoms with Crippen LogP contribution in [0.4, 0.5) is 0 Å². The van der Waals surface area contributed by atoms with Crippen LogP contribution >= 0.6 is 11.3 Å². The molecule has 1 saturated carbocycles. The maximum absolute atomic E-state index is 13.6. The summed E-state index contributed by atoms with van der Waals surface area (Å²) in [5.74, 6) is 0.911. The number of carbonyl (C=O) groups is 1. The second-order valence-electron chi connectivity index (χ2n) is 8.02. The number of likely N-dealkylation sites (tertiary alicyclic amines) is 1. The van der Waals surface area contributed by atoms with E-state index in [2.05, 4.69) is 38.4 Å². The Kier molecular flexibility index (Phi) is 4.50. The first kappa shape index (κ1) is 17.3. The first-order chi connectivity index (χ1) is 13.2. The van der Waals surface area contributed by atoms with Crippen molar-refractivity contribution in [1.82, 2.24) is 14.8 Å². The van der Waals surface area contributed by atoms with Gasteiger partial charge in [0, 0.05) is 55.9 Å². The van der Waals surface area contributed by atoms with Crippen molar-refractivity contribution >= 4 is 17.2 Å². The Morgan fingerprint density at radius 2 is 2.22 bits per heavy atom. The molecular formula is C21H25N3O2S. The summed E-state index contributed by atoms with van der Waals surface area (Å²) in [4.78, 5) is 23.7. The van der Waals surface area contributed by atoms with Crippen LogP contribution in [0.25, 0.3) is 0 Å². The third kappa shape index (κ3) is 3.30. The average Bonchev–Trinajstić information content (AvgIpc) is 3.22. The van der Waals surface area contributed by atoms with Gasteiger partial charge in [-0.2, -0.15) is 0 Å². The molecule has 0 aromatic carbocycles. The Balaban J connectivity index is 1.45. The quantitative estimate of drug-likeness (QED) is 0.797. The molecule has 0 unspecified atom stereocenters. The highest BCUT2D eigenvalue weighted by Gasteiger charge is 2.57. The third-order valence-electron chi connectivity index (χ3n) is 6.05. The zero-order chi connectivity index (χ0) is 18.3. The molecule has 2 saturated heterocycles. The van der Waals surface area contributed by atoms with Crippen molar-refractivity contribution in [3.8, 4) is 0 Å². The minimum absolute atomic E-state index is 0.0284. The third-order valence-corrected chi connectivity index (χ3v) is 6.92. The second kappa shape index (κ2) is 7.00. The van der Waals surface area contributed by atoms with Crippen LogP contribution < -0.4 is 0 Å². The van der Waals surface area contributed by atoms with Crippen LogP contribution in [0.15, 0.2) is 42.0 Å². The first-order valence-corrected chi connectivity index (χ1v) is 10.7. The molecule has 3 fully saturated rings. The number of ether oxygens (including phenoxy) is 1. The predicted molar refractivity (Wildman–Crippen MR) is 105 cm³/mol. The molecule has 4 heterocycles. The van der Waals surface area contributed by atoms with Crippen molar-refractivity contribution in [2.24, 2.45) is 5.92 Å². The van der Waals surface area contributed by atoms with Crippen LogP contribution in [0.3, 0.4) is 0 Å². The molecule has 1 aliphatic carbocycles. The normalized spacial score (nSPS) is 29.0. The van der Waals surface area contributed by atoms with Gasteiger partial charge >= 0.3 is 0 Å². The number of rotatable bonds is 5. The Hall–Kier alpha value is -1.76. The van der Waals surface area contributed by atoms with Crippen LogP contribution in [0, 0.1) is 5.92 Å². The van der Waals surface area contributed by atoms with Crippen molar-refractivity contribution < 1.29 is 9.53 Å². The molecule has 6 heteroatoms. The zero-order valence-corrected chi connectivity index (χ0v) is 16.2. The molecule has 2 atom stereocenters. The summed E-state index contributed by atoms with van der Waals surface area (Å²) in [5.41, 5.74) is 0.334. The maximum atomic E-state index is 13.6. The summed E-state index contributed by atoms with van der Waals surface area (Å²) in [6, 6.07) is 8.30. The lowest BCUT2D eigenvalue weighted by molar-refractivity contribution is -0.172. The van der Waals surface area contributed by atoms with E-state index in [0.29, 0.717) is 19.1 Å². The van der Waals surface area contributed by atoms with Crippen molar-refractivity contribution in [1.29, 1.82) is 0 Å². The summed E-state index contributed by atoms with van der Waals surface area (Å²) >= 11 is 1.77. The van der Waals surface area contributed by atoms with Crippen LogP contribution in [-0.2, 0) is 16.1 Å². The van der Waals surface area contributed by atoms with Gasteiger partial charge < -0.3 is 9.64 Å². The van der Waals surface area contributed by atoms with E-state index in [1.165, 1.54) is 17.7 Å². The van der Waals surface area contributed by atoms with E-state index >= 15 is 0 Å².